The lowest BCUT2D eigenvalue weighted by atomic mass is 10.1. The molecule has 190 valence electrons. The Morgan fingerprint density at radius 2 is 1.92 bits per heavy atom. The highest BCUT2D eigenvalue weighted by molar-refractivity contribution is 5.88. The standard InChI is InChI=1S/C23H24N6O6.H2O/c24-20-16-21(27-10-26-20)29(11-28-16)23-18(32)17(31)19(35-23)22(33)25-8-13(30)9-34-15-7-3-5-12-4-1-2-6-14(12)15;/h1-7,10-11,13,17-19,23,30-32H,8-9H2,(H,25,33)(H2,24,26,27);1H2/t13?,17-,18+,19-,23+;/m0./s1. The molecule has 4 aromatic rings. The van der Waals surface area contributed by atoms with Crippen molar-refractivity contribution in [3.8, 4) is 5.75 Å². The summed E-state index contributed by atoms with van der Waals surface area (Å²) in [5, 5.41) is 35.7. The first kappa shape index (κ1) is 25.2. The van der Waals surface area contributed by atoms with E-state index in [-0.39, 0.29) is 30.1 Å². The molecule has 1 aliphatic rings. The smallest absolute Gasteiger partial charge is 0.252 e. The first-order valence-corrected chi connectivity index (χ1v) is 10.9. The van der Waals surface area contributed by atoms with Crippen molar-refractivity contribution in [2.75, 3.05) is 18.9 Å². The summed E-state index contributed by atoms with van der Waals surface area (Å²) in [6, 6.07) is 13.3. The molecule has 1 aliphatic heterocycles. The maximum atomic E-state index is 12.7. The molecule has 0 radical (unpaired) electrons. The number of amides is 1. The molecule has 13 nitrogen and oxygen atoms in total. The van der Waals surface area contributed by atoms with Crippen LogP contribution in [0.15, 0.2) is 55.1 Å². The van der Waals surface area contributed by atoms with E-state index in [9.17, 15) is 20.1 Å². The van der Waals surface area contributed by atoms with Gasteiger partial charge in [0.25, 0.3) is 5.91 Å². The summed E-state index contributed by atoms with van der Waals surface area (Å²) in [7, 11) is 0. The molecule has 0 aliphatic carbocycles. The Balaban J connectivity index is 0.00000304. The number of imidazole rings is 1. The number of carbonyl (C=O) groups is 1. The van der Waals surface area contributed by atoms with Crippen molar-refractivity contribution in [1.29, 1.82) is 0 Å². The lowest BCUT2D eigenvalue weighted by Gasteiger charge is -2.18. The minimum atomic E-state index is -1.51. The highest BCUT2D eigenvalue weighted by Gasteiger charge is 2.47. The van der Waals surface area contributed by atoms with Crippen LogP contribution in [0.2, 0.25) is 0 Å². The van der Waals surface area contributed by atoms with Crippen LogP contribution in [0.3, 0.4) is 0 Å². The van der Waals surface area contributed by atoms with Gasteiger partial charge in [-0.1, -0.05) is 36.4 Å². The number of nitrogens with one attached hydrogen (secondary N) is 1. The summed E-state index contributed by atoms with van der Waals surface area (Å²) >= 11 is 0. The molecule has 0 spiro atoms. The van der Waals surface area contributed by atoms with E-state index in [0.29, 0.717) is 11.3 Å². The fourth-order valence-electron chi connectivity index (χ4n) is 4.05. The fraction of sp³-hybridized carbons (Fsp3) is 0.304. The Morgan fingerprint density at radius 3 is 2.75 bits per heavy atom. The number of rotatable bonds is 7. The molecule has 3 heterocycles. The zero-order chi connectivity index (χ0) is 24.5. The molecule has 8 N–H and O–H groups in total. The van der Waals surface area contributed by atoms with E-state index in [4.69, 9.17) is 15.2 Å². The molecule has 2 aromatic carbocycles. The van der Waals surface area contributed by atoms with Crippen molar-refractivity contribution >= 4 is 33.7 Å². The summed E-state index contributed by atoms with van der Waals surface area (Å²) in [6.07, 6.45) is -3.89. The Morgan fingerprint density at radius 1 is 1.14 bits per heavy atom. The number of aliphatic hydroxyl groups is 3. The molecule has 36 heavy (non-hydrogen) atoms. The van der Waals surface area contributed by atoms with Crippen LogP contribution in [0, 0.1) is 0 Å². The Kier molecular flexibility index (Phi) is 7.28. The molecule has 0 bridgehead atoms. The number of aliphatic hydroxyl groups excluding tert-OH is 3. The van der Waals surface area contributed by atoms with E-state index in [1.807, 2.05) is 36.4 Å². The number of nitrogen functional groups attached to an aromatic ring is 1. The molecule has 1 amide bonds. The van der Waals surface area contributed by atoms with Crippen LogP contribution in [-0.2, 0) is 9.53 Å². The lowest BCUT2D eigenvalue weighted by molar-refractivity contribution is -0.138. The second kappa shape index (κ2) is 10.4. The summed E-state index contributed by atoms with van der Waals surface area (Å²) in [4.78, 5) is 24.7. The number of ether oxygens (including phenoxy) is 2. The average Bonchev–Trinajstić information content (AvgIpc) is 3.43. The number of nitrogens with zero attached hydrogens (tertiary/aromatic N) is 4. The molecule has 1 saturated heterocycles. The number of benzene rings is 2. The van der Waals surface area contributed by atoms with E-state index >= 15 is 0 Å². The predicted octanol–water partition coefficient (Wildman–Crippen LogP) is -1.09. The first-order valence-electron chi connectivity index (χ1n) is 10.9. The topological polar surface area (TPSA) is 209 Å². The third kappa shape index (κ3) is 4.65. The van der Waals surface area contributed by atoms with Gasteiger partial charge in [0, 0.05) is 11.9 Å². The van der Waals surface area contributed by atoms with Crippen LogP contribution in [0.5, 0.6) is 5.75 Å². The Bertz CT molecular complexity index is 1360. The summed E-state index contributed by atoms with van der Waals surface area (Å²) < 4.78 is 12.8. The molecule has 5 atom stereocenters. The number of fused-ring (bicyclic) bond motifs is 2. The summed E-state index contributed by atoms with van der Waals surface area (Å²) in [6.45, 7) is -0.204. The molecule has 5 rings (SSSR count). The lowest BCUT2D eigenvalue weighted by Crippen LogP contribution is -2.45. The van der Waals surface area contributed by atoms with E-state index in [0.717, 1.165) is 10.8 Å². The number of carbonyl (C=O) groups excluding carboxylic acids is 1. The van der Waals surface area contributed by atoms with Gasteiger partial charge >= 0.3 is 0 Å². The number of hydrogen-bond donors (Lipinski definition) is 5. The van der Waals surface area contributed by atoms with E-state index in [2.05, 4.69) is 20.3 Å². The molecule has 2 aromatic heterocycles. The summed E-state index contributed by atoms with van der Waals surface area (Å²) in [5.74, 6) is 0.0728. The van der Waals surface area contributed by atoms with Gasteiger partial charge in [-0.05, 0) is 11.5 Å². The second-order valence-electron chi connectivity index (χ2n) is 8.20. The van der Waals surface area contributed by atoms with Gasteiger partial charge < -0.3 is 41.3 Å². The highest BCUT2D eigenvalue weighted by atomic mass is 16.6. The Hall–Kier alpha value is -3.88. The quantitative estimate of drug-likeness (QED) is 0.208. The molecule has 13 heteroatoms. The SMILES string of the molecule is Nc1ncnc2c1ncn2[C@@H]1O[C@H](C(=O)NCC(O)COc2cccc3ccccc23)[C@@H](O)[C@H]1O.O. The Labute approximate surface area is 204 Å². The highest BCUT2D eigenvalue weighted by Crippen LogP contribution is 2.32. The van der Waals surface area contributed by atoms with Gasteiger partial charge in [-0.2, -0.15) is 0 Å². The van der Waals surface area contributed by atoms with E-state index < -0.39 is 36.6 Å². The fourth-order valence-corrected chi connectivity index (χ4v) is 4.05. The van der Waals surface area contributed by atoms with Crippen molar-refractivity contribution in [2.45, 2.75) is 30.6 Å². The number of aromatic nitrogens is 4. The third-order valence-electron chi connectivity index (χ3n) is 5.85. The number of anilines is 1. The van der Waals surface area contributed by atoms with Gasteiger partial charge in [0.2, 0.25) is 0 Å². The van der Waals surface area contributed by atoms with Crippen molar-refractivity contribution in [1.82, 2.24) is 24.8 Å². The zero-order valence-electron chi connectivity index (χ0n) is 18.9. The molecule has 1 fully saturated rings. The monoisotopic (exact) mass is 498 g/mol. The zero-order valence-corrected chi connectivity index (χ0v) is 18.9. The van der Waals surface area contributed by atoms with Crippen molar-refractivity contribution in [3.63, 3.8) is 0 Å². The van der Waals surface area contributed by atoms with Gasteiger partial charge in [-0.15, -0.1) is 0 Å². The molecule has 1 unspecified atom stereocenters. The first-order chi connectivity index (χ1) is 16.9. The van der Waals surface area contributed by atoms with Gasteiger partial charge in [0.05, 0.1) is 6.33 Å². The van der Waals surface area contributed by atoms with Crippen molar-refractivity contribution in [2.24, 2.45) is 0 Å². The maximum Gasteiger partial charge on any atom is 0.252 e. The normalized spacial score (nSPS) is 22.3. The van der Waals surface area contributed by atoms with Crippen LogP contribution >= 0.6 is 0 Å². The average molecular weight is 498 g/mol. The van der Waals surface area contributed by atoms with Crippen LogP contribution in [0.25, 0.3) is 21.9 Å². The number of nitrogens with two attached hydrogens (primary N) is 1. The maximum absolute atomic E-state index is 12.7. The van der Waals surface area contributed by atoms with Crippen LogP contribution < -0.4 is 15.8 Å². The molecular formula is C23H26N6O7. The second-order valence-corrected chi connectivity index (χ2v) is 8.20. The van der Waals surface area contributed by atoms with Gasteiger partial charge in [0.15, 0.2) is 23.8 Å². The third-order valence-corrected chi connectivity index (χ3v) is 5.85. The predicted molar refractivity (Wildman–Crippen MR) is 128 cm³/mol. The van der Waals surface area contributed by atoms with Gasteiger partial charge in [-0.3, -0.25) is 9.36 Å². The van der Waals surface area contributed by atoms with Crippen LogP contribution in [0.4, 0.5) is 5.82 Å². The van der Waals surface area contributed by atoms with Crippen molar-refractivity contribution < 1.29 is 35.1 Å². The van der Waals surface area contributed by atoms with Gasteiger partial charge in [0.1, 0.15) is 42.5 Å². The van der Waals surface area contributed by atoms with Crippen molar-refractivity contribution in [3.05, 3.63) is 55.1 Å². The van der Waals surface area contributed by atoms with E-state index in [1.54, 1.807) is 6.07 Å². The van der Waals surface area contributed by atoms with Crippen LogP contribution in [0.1, 0.15) is 6.23 Å². The molecular weight excluding hydrogens is 472 g/mol. The van der Waals surface area contributed by atoms with Gasteiger partial charge in [-0.25, -0.2) is 15.0 Å². The minimum absolute atomic E-state index is 0. The minimum Gasteiger partial charge on any atom is -0.490 e. The molecule has 0 saturated carbocycles. The largest absolute Gasteiger partial charge is 0.490 e. The van der Waals surface area contributed by atoms with E-state index in [1.165, 1.54) is 17.2 Å². The van der Waals surface area contributed by atoms with Crippen LogP contribution in [-0.4, -0.2) is 83.8 Å². The summed E-state index contributed by atoms with van der Waals surface area (Å²) in [5.41, 5.74) is 6.38. The number of hydrogen-bond acceptors (Lipinski definition) is 10.